The highest BCUT2D eigenvalue weighted by Crippen LogP contribution is 2.04. The maximum Gasteiger partial charge on any atom is 0.101 e. The van der Waals surface area contributed by atoms with Crippen LogP contribution in [0.4, 0.5) is 0 Å². The quantitative estimate of drug-likeness (QED) is 0.502. The first-order valence-electron chi connectivity index (χ1n) is 3.54. The summed E-state index contributed by atoms with van der Waals surface area (Å²) >= 11 is 0. The molecule has 1 aromatic rings. The number of hydrogen-bond acceptors (Lipinski definition) is 2. The maximum absolute atomic E-state index is 8.51. The lowest BCUT2D eigenvalue weighted by Crippen LogP contribution is -1.79. The summed E-state index contributed by atoms with van der Waals surface area (Å²) in [5.41, 5.74) is 2.24. The summed E-state index contributed by atoms with van der Waals surface area (Å²) < 4.78 is 0. The molecule has 0 radical (unpaired) electrons. The van der Waals surface area contributed by atoms with Gasteiger partial charge in [-0.2, -0.15) is 5.26 Å². The van der Waals surface area contributed by atoms with E-state index in [-0.39, 0.29) is 0 Å². The zero-order chi connectivity index (χ0) is 8.97. The summed E-state index contributed by atoms with van der Waals surface area (Å²) in [4.78, 5) is 3.04. The third-order valence-electron chi connectivity index (χ3n) is 1.45. The molecule has 0 saturated heterocycles. The topological polar surface area (TPSA) is 63.4 Å². The third-order valence-corrected chi connectivity index (χ3v) is 1.45. The molecule has 0 atom stereocenters. The number of nitrogens with zero attached hydrogens (tertiary/aromatic N) is 1. The van der Waals surface area contributed by atoms with E-state index in [1.54, 1.807) is 6.08 Å². The number of hydrogen-bond donors (Lipinski definition) is 2. The Morgan fingerprint density at radius 3 is 2.83 bits per heavy atom. The number of allylic oxidation sites excluding steroid dienone is 1. The highest BCUT2D eigenvalue weighted by atomic mass is 14.7. The number of aromatic nitrogens is 1. The highest BCUT2D eigenvalue weighted by molar-refractivity contribution is 5.87. The van der Waals surface area contributed by atoms with Crippen LogP contribution in [0.5, 0.6) is 0 Å². The van der Waals surface area contributed by atoms with Gasteiger partial charge < -0.3 is 10.4 Å². The fraction of sp³-hybridized carbons (Fsp3) is 0.111. The fourth-order valence-corrected chi connectivity index (χ4v) is 0.884. The molecule has 60 valence electrons. The first kappa shape index (κ1) is 8.28. The van der Waals surface area contributed by atoms with Gasteiger partial charge in [-0.3, -0.25) is 0 Å². The molecule has 2 N–H and O–H groups in total. The molecule has 0 aliphatic heterocycles. The lowest BCUT2D eigenvalue weighted by atomic mass is 10.2. The van der Waals surface area contributed by atoms with Crippen molar-refractivity contribution < 1.29 is 0 Å². The van der Waals surface area contributed by atoms with E-state index in [9.17, 15) is 0 Å². The maximum atomic E-state index is 8.51. The van der Waals surface area contributed by atoms with Gasteiger partial charge in [-0.1, -0.05) is 0 Å². The molecule has 1 heterocycles. The van der Waals surface area contributed by atoms with Gasteiger partial charge in [-0.15, -0.1) is 0 Å². The van der Waals surface area contributed by atoms with Crippen LogP contribution in [0.2, 0.25) is 0 Å². The van der Waals surface area contributed by atoms with Crippen LogP contribution < -0.4 is 0 Å². The number of nitriles is 1. The van der Waals surface area contributed by atoms with Crippen LogP contribution in [-0.4, -0.2) is 11.2 Å². The van der Waals surface area contributed by atoms with Crippen molar-refractivity contribution in [1.29, 1.82) is 10.7 Å². The van der Waals surface area contributed by atoms with Crippen LogP contribution in [0.15, 0.2) is 17.7 Å². The van der Waals surface area contributed by atoms with Crippen molar-refractivity contribution >= 4 is 12.3 Å². The van der Waals surface area contributed by atoms with E-state index in [0.29, 0.717) is 5.57 Å². The second kappa shape index (κ2) is 3.54. The Morgan fingerprint density at radius 2 is 2.42 bits per heavy atom. The van der Waals surface area contributed by atoms with Crippen molar-refractivity contribution in [3.63, 3.8) is 0 Å². The van der Waals surface area contributed by atoms with Gasteiger partial charge >= 0.3 is 0 Å². The largest absolute Gasteiger partial charge is 0.359 e. The van der Waals surface area contributed by atoms with Crippen LogP contribution in [-0.2, 0) is 0 Å². The SMILES string of the molecule is Cc1ccc(/C=C(/C#N)C=N)[nH]1. The van der Waals surface area contributed by atoms with Crippen LogP contribution in [0, 0.1) is 23.7 Å². The summed E-state index contributed by atoms with van der Waals surface area (Å²) in [5, 5.41) is 15.4. The van der Waals surface area contributed by atoms with E-state index >= 15 is 0 Å². The van der Waals surface area contributed by atoms with E-state index in [0.717, 1.165) is 17.6 Å². The van der Waals surface area contributed by atoms with Gasteiger partial charge in [0.2, 0.25) is 0 Å². The van der Waals surface area contributed by atoms with Crippen LogP contribution in [0.1, 0.15) is 11.4 Å². The smallest absolute Gasteiger partial charge is 0.101 e. The number of H-pyrrole nitrogens is 1. The summed E-state index contributed by atoms with van der Waals surface area (Å²) in [6, 6.07) is 5.70. The van der Waals surface area contributed by atoms with E-state index in [4.69, 9.17) is 10.7 Å². The predicted octanol–water partition coefficient (Wildman–Crippen LogP) is 1.88. The minimum Gasteiger partial charge on any atom is -0.359 e. The Morgan fingerprint density at radius 1 is 1.67 bits per heavy atom. The van der Waals surface area contributed by atoms with Gasteiger partial charge in [0.25, 0.3) is 0 Å². The molecule has 1 rings (SSSR count). The Hall–Kier alpha value is -1.82. The lowest BCUT2D eigenvalue weighted by molar-refractivity contribution is 1.25. The summed E-state index contributed by atoms with van der Waals surface area (Å²) in [7, 11) is 0. The molecule has 0 unspecified atom stereocenters. The van der Waals surface area contributed by atoms with Gasteiger partial charge in [0, 0.05) is 17.6 Å². The second-order valence-electron chi connectivity index (χ2n) is 2.45. The molecule has 3 heteroatoms. The Kier molecular flexibility index (Phi) is 2.44. The highest BCUT2D eigenvalue weighted by Gasteiger charge is 1.93. The van der Waals surface area contributed by atoms with E-state index < -0.39 is 0 Å². The standard InChI is InChI=1S/C9H9N3/c1-7-2-3-9(12-7)4-8(5-10)6-11/h2-5,10,12H,1H3/b8-4+,10-5?. The summed E-state index contributed by atoms with van der Waals surface area (Å²) in [6.45, 7) is 1.94. The number of aromatic amines is 1. The average molecular weight is 159 g/mol. The Bertz CT molecular complexity index is 352. The van der Waals surface area contributed by atoms with Crippen molar-refractivity contribution in [3.05, 3.63) is 29.1 Å². The van der Waals surface area contributed by atoms with Crippen molar-refractivity contribution in [2.75, 3.05) is 0 Å². The molecular weight excluding hydrogens is 150 g/mol. The Labute approximate surface area is 70.9 Å². The molecule has 12 heavy (non-hydrogen) atoms. The average Bonchev–Trinajstić information content (AvgIpc) is 2.47. The molecule has 1 aromatic heterocycles. The zero-order valence-corrected chi connectivity index (χ0v) is 6.76. The molecule has 0 aliphatic rings. The number of rotatable bonds is 2. The third kappa shape index (κ3) is 1.83. The van der Waals surface area contributed by atoms with Crippen LogP contribution in [0.25, 0.3) is 6.08 Å². The van der Waals surface area contributed by atoms with Gasteiger partial charge in [0.05, 0.1) is 5.57 Å². The van der Waals surface area contributed by atoms with Gasteiger partial charge in [0.15, 0.2) is 0 Å². The van der Waals surface area contributed by atoms with Crippen molar-refractivity contribution in [2.45, 2.75) is 6.92 Å². The number of aryl methyl sites for hydroxylation is 1. The molecule has 0 aromatic carbocycles. The molecule has 3 nitrogen and oxygen atoms in total. The monoisotopic (exact) mass is 159 g/mol. The first-order valence-corrected chi connectivity index (χ1v) is 3.54. The fourth-order valence-electron chi connectivity index (χ4n) is 0.884. The van der Waals surface area contributed by atoms with Gasteiger partial charge in [-0.25, -0.2) is 0 Å². The molecule has 0 spiro atoms. The lowest BCUT2D eigenvalue weighted by Gasteiger charge is -1.86. The minimum absolute atomic E-state index is 0.344. The van der Waals surface area contributed by atoms with E-state index in [2.05, 4.69) is 4.98 Å². The molecular formula is C9H9N3. The van der Waals surface area contributed by atoms with Crippen LogP contribution in [0.3, 0.4) is 0 Å². The molecule has 0 fully saturated rings. The van der Waals surface area contributed by atoms with Crippen LogP contribution >= 0.6 is 0 Å². The minimum atomic E-state index is 0.344. The van der Waals surface area contributed by atoms with Crippen molar-refractivity contribution in [3.8, 4) is 6.07 Å². The Balaban J connectivity index is 2.95. The first-order chi connectivity index (χ1) is 5.76. The molecule has 0 aliphatic carbocycles. The zero-order valence-electron chi connectivity index (χ0n) is 6.76. The van der Waals surface area contributed by atoms with E-state index in [1.165, 1.54) is 0 Å². The van der Waals surface area contributed by atoms with Crippen molar-refractivity contribution in [2.24, 2.45) is 0 Å². The summed E-state index contributed by atoms with van der Waals surface area (Å²) in [5.74, 6) is 0. The number of nitrogens with one attached hydrogen (secondary N) is 2. The predicted molar refractivity (Wildman–Crippen MR) is 47.9 cm³/mol. The van der Waals surface area contributed by atoms with Gasteiger partial charge in [0.1, 0.15) is 6.07 Å². The normalized spacial score (nSPS) is 10.8. The molecule has 0 saturated carbocycles. The van der Waals surface area contributed by atoms with Gasteiger partial charge in [-0.05, 0) is 25.1 Å². The van der Waals surface area contributed by atoms with Crippen molar-refractivity contribution in [1.82, 2.24) is 4.98 Å². The molecule has 0 amide bonds. The second-order valence-corrected chi connectivity index (χ2v) is 2.45. The summed E-state index contributed by atoms with van der Waals surface area (Å²) in [6.07, 6.45) is 2.68. The van der Waals surface area contributed by atoms with E-state index in [1.807, 2.05) is 25.1 Å². The molecule has 0 bridgehead atoms.